The van der Waals surface area contributed by atoms with Gasteiger partial charge in [-0.05, 0) is 60.7 Å². The maximum atomic E-state index is 13.1. The van der Waals surface area contributed by atoms with Crippen molar-refractivity contribution in [1.29, 1.82) is 0 Å². The summed E-state index contributed by atoms with van der Waals surface area (Å²) in [4.78, 5) is 48.0. The lowest BCUT2D eigenvalue weighted by Gasteiger charge is -2.32. The molecule has 3 heterocycles. The van der Waals surface area contributed by atoms with Crippen molar-refractivity contribution in [3.63, 3.8) is 0 Å². The number of carboxylic acid groups (broad SMARTS) is 1. The van der Waals surface area contributed by atoms with Gasteiger partial charge in [0.15, 0.2) is 0 Å². The van der Waals surface area contributed by atoms with Crippen molar-refractivity contribution < 1.29 is 29.3 Å². The van der Waals surface area contributed by atoms with Crippen molar-refractivity contribution in [1.82, 2.24) is 25.1 Å². The first-order valence-corrected chi connectivity index (χ1v) is 16.7. The molecule has 3 amide bonds. The van der Waals surface area contributed by atoms with Crippen LogP contribution in [0.2, 0.25) is 5.02 Å². The molecule has 1 aliphatic heterocycles. The second-order valence-corrected chi connectivity index (χ2v) is 12.5. The third-order valence-corrected chi connectivity index (χ3v) is 9.30. The largest absolute Gasteiger partial charge is 0.496 e. The summed E-state index contributed by atoms with van der Waals surface area (Å²) in [5.41, 5.74) is 6.10. The molecule has 4 N–H and O–H groups in total. The number of likely N-dealkylation sites (tertiary alicyclic amines) is 1. The normalized spacial score (nSPS) is 13.2. The lowest BCUT2D eigenvalue weighted by molar-refractivity contribution is -0.129. The Morgan fingerprint density at radius 2 is 1.84 bits per heavy atom. The maximum Gasteiger partial charge on any atom is 0.407 e. The predicted octanol–water partition coefficient (Wildman–Crippen LogP) is 5.61. The van der Waals surface area contributed by atoms with Crippen LogP contribution in [0, 0.1) is 6.92 Å². The van der Waals surface area contributed by atoms with E-state index in [0.717, 1.165) is 58.6 Å². The minimum Gasteiger partial charge on any atom is -0.496 e. The number of aliphatic hydroxyl groups excluding tert-OH is 1. The van der Waals surface area contributed by atoms with E-state index in [1.54, 1.807) is 32.4 Å². The van der Waals surface area contributed by atoms with Gasteiger partial charge in [-0.15, -0.1) is 0 Å². The van der Waals surface area contributed by atoms with E-state index in [1.807, 2.05) is 48.2 Å². The topological polar surface area (TPSA) is 157 Å². The summed E-state index contributed by atoms with van der Waals surface area (Å²) in [6.07, 6.45) is 3.81. The number of halogens is 1. The smallest absolute Gasteiger partial charge is 0.407 e. The predicted molar refractivity (Wildman–Crippen MR) is 191 cm³/mol. The van der Waals surface area contributed by atoms with Gasteiger partial charge < -0.3 is 35.4 Å². The highest BCUT2D eigenvalue weighted by molar-refractivity contribution is 6.35. The lowest BCUT2D eigenvalue weighted by Crippen LogP contribution is -2.43. The van der Waals surface area contributed by atoms with E-state index in [2.05, 4.69) is 20.6 Å². The van der Waals surface area contributed by atoms with Gasteiger partial charge in [-0.1, -0.05) is 41.9 Å². The average Bonchev–Trinajstić information content (AvgIpc) is 3.12. The summed E-state index contributed by atoms with van der Waals surface area (Å²) in [5, 5.41) is 25.4. The van der Waals surface area contributed by atoms with E-state index >= 15 is 0 Å². The molecule has 0 saturated carbocycles. The van der Waals surface area contributed by atoms with Crippen molar-refractivity contribution in [2.45, 2.75) is 45.8 Å². The zero-order chi connectivity index (χ0) is 35.8. The molecule has 13 heteroatoms. The van der Waals surface area contributed by atoms with E-state index in [4.69, 9.17) is 21.4 Å². The molecule has 12 nitrogen and oxygen atoms in total. The minimum atomic E-state index is -1.15. The molecule has 0 bridgehead atoms. The van der Waals surface area contributed by atoms with Crippen molar-refractivity contribution in [3.05, 3.63) is 94.4 Å². The van der Waals surface area contributed by atoms with Gasteiger partial charge in [0.2, 0.25) is 5.91 Å². The zero-order valence-corrected chi connectivity index (χ0v) is 29.0. The first-order chi connectivity index (χ1) is 24.1. The molecule has 4 aromatic rings. The standard InChI is InChI=1S/C37H41ClN6O6/c1-23-29(5-4-6-31(23)42-36(47)32-10-7-25(20-41-32)22-44(17-18-45)37(48)49)30-11-14-39-35(34(30)38)26-8-9-27(33(19-26)50-3)21-40-28-12-15-43(16-13-28)24(2)46/h4-11,14,19-20,28,40,45H,12-13,15-18,21-22H2,1-3H3,(H,42,47)(H,48,49). The van der Waals surface area contributed by atoms with Crippen LogP contribution >= 0.6 is 11.6 Å². The van der Waals surface area contributed by atoms with Crippen LogP contribution in [-0.4, -0.2) is 87.3 Å². The first kappa shape index (κ1) is 36.2. The van der Waals surface area contributed by atoms with Crippen LogP contribution in [-0.2, 0) is 17.9 Å². The van der Waals surface area contributed by atoms with E-state index < -0.39 is 12.0 Å². The molecule has 0 unspecified atom stereocenters. The third-order valence-electron chi connectivity index (χ3n) is 8.91. The van der Waals surface area contributed by atoms with Crippen LogP contribution < -0.4 is 15.4 Å². The highest BCUT2D eigenvalue weighted by Crippen LogP contribution is 2.39. The molecule has 262 valence electrons. The van der Waals surface area contributed by atoms with Crippen molar-refractivity contribution in [2.75, 3.05) is 38.7 Å². The molecular formula is C37H41ClN6O6. The molecule has 0 radical (unpaired) electrons. The Balaban J connectivity index is 1.30. The summed E-state index contributed by atoms with van der Waals surface area (Å²) in [6.45, 7) is 5.36. The van der Waals surface area contributed by atoms with Crippen molar-refractivity contribution >= 4 is 35.2 Å². The number of amides is 3. The fraction of sp³-hybridized carbons (Fsp3) is 0.324. The number of nitrogens with one attached hydrogen (secondary N) is 2. The van der Waals surface area contributed by atoms with E-state index in [-0.39, 0.29) is 31.3 Å². The van der Waals surface area contributed by atoms with Crippen LogP contribution in [0.4, 0.5) is 10.5 Å². The van der Waals surface area contributed by atoms with Gasteiger partial charge in [-0.2, -0.15) is 0 Å². The number of ether oxygens (including phenoxy) is 1. The molecule has 0 atom stereocenters. The number of piperidine rings is 1. The molecular weight excluding hydrogens is 660 g/mol. The number of carbonyl (C=O) groups excluding carboxylic acids is 2. The maximum absolute atomic E-state index is 13.1. The van der Waals surface area contributed by atoms with Gasteiger partial charge in [0.05, 0.1) is 31.0 Å². The van der Waals surface area contributed by atoms with Gasteiger partial charge in [-0.3, -0.25) is 19.6 Å². The SMILES string of the molecule is COc1cc(-c2nccc(-c3cccc(NC(=O)c4ccc(CN(CCO)C(=O)O)cn4)c3C)c2Cl)ccc1CNC1CCN(C(C)=O)CC1. The molecule has 1 aliphatic rings. The summed E-state index contributed by atoms with van der Waals surface area (Å²) in [7, 11) is 1.64. The quantitative estimate of drug-likeness (QED) is 0.148. The number of aliphatic hydroxyl groups is 1. The third kappa shape index (κ3) is 8.57. The highest BCUT2D eigenvalue weighted by Gasteiger charge is 2.22. The molecule has 1 fully saturated rings. The summed E-state index contributed by atoms with van der Waals surface area (Å²) in [5.74, 6) is 0.409. The Hall–Kier alpha value is -5.04. The average molecular weight is 701 g/mol. The molecule has 1 saturated heterocycles. The van der Waals surface area contributed by atoms with Crippen molar-refractivity contribution in [2.24, 2.45) is 0 Å². The summed E-state index contributed by atoms with van der Waals surface area (Å²) in [6, 6.07) is 16.8. The number of methoxy groups -OCH3 is 1. The number of anilines is 1. The molecule has 50 heavy (non-hydrogen) atoms. The number of pyridine rings is 2. The number of hydrogen-bond acceptors (Lipinski definition) is 8. The zero-order valence-electron chi connectivity index (χ0n) is 28.3. The number of rotatable bonds is 12. The van der Waals surface area contributed by atoms with E-state index in [0.29, 0.717) is 40.3 Å². The minimum absolute atomic E-state index is 0.0284. The monoisotopic (exact) mass is 700 g/mol. The molecule has 0 spiro atoms. The second-order valence-electron chi connectivity index (χ2n) is 12.1. The Labute approximate surface area is 296 Å². The van der Waals surface area contributed by atoms with Crippen LogP contribution in [0.3, 0.4) is 0 Å². The fourth-order valence-electron chi connectivity index (χ4n) is 6.03. The lowest BCUT2D eigenvalue weighted by atomic mass is 9.97. The van der Waals surface area contributed by atoms with Gasteiger partial charge >= 0.3 is 6.09 Å². The van der Waals surface area contributed by atoms with Gasteiger partial charge in [0.1, 0.15) is 11.4 Å². The Morgan fingerprint density at radius 3 is 2.50 bits per heavy atom. The number of aromatic nitrogens is 2. The number of benzene rings is 2. The molecule has 5 rings (SSSR count). The fourth-order valence-corrected chi connectivity index (χ4v) is 6.35. The van der Waals surface area contributed by atoms with Crippen LogP contribution in [0.5, 0.6) is 5.75 Å². The second kappa shape index (κ2) is 16.6. The summed E-state index contributed by atoms with van der Waals surface area (Å²) < 4.78 is 5.76. The van der Waals surface area contributed by atoms with Crippen LogP contribution in [0.15, 0.2) is 67.0 Å². The number of carbonyl (C=O) groups is 3. The first-order valence-electron chi connectivity index (χ1n) is 16.3. The highest BCUT2D eigenvalue weighted by atomic mass is 35.5. The number of hydrogen-bond donors (Lipinski definition) is 4. The summed E-state index contributed by atoms with van der Waals surface area (Å²) >= 11 is 7.03. The Kier molecular flexibility index (Phi) is 12.0. The molecule has 0 aliphatic carbocycles. The number of nitrogens with zero attached hydrogens (tertiary/aromatic N) is 4. The van der Waals surface area contributed by atoms with Crippen LogP contribution in [0.1, 0.15) is 46.9 Å². The molecule has 2 aromatic heterocycles. The van der Waals surface area contributed by atoms with Gasteiger partial charge in [-0.25, -0.2) is 4.79 Å². The molecule has 2 aromatic carbocycles. The van der Waals surface area contributed by atoms with Crippen LogP contribution in [0.25, 0.3) is 22.4 Å². The van der Waals surface area contributed by atoms with Gasteiger partial charge in [0, 0.05) is 73.9 Å². The van der Waals surface area contributed by atoms with E-state index in [9.17, 15) is 19.5 Å². The van der Waals surface area contributed by atoms with Crippen molar-refractivity contribution in [3.8, 4) is 28.1 Å². The van der Waals surface area contributed by atoms with E-state index in [1.165, 1.54) is 12.3 Å². The van der Waals surface area contributed by atoms with Gasteiger partial charge in [0.25, 0.3) is 5.91 Å². The Bertz CT molecular complexity index is 1850. The Morgan fingerprint density at radius 1 is 1.06 bits per heavy atom.